The molecule has 1 atom stereocenters. The van der Waals surface area contributed by atoms with Crippen LogP contribution in [0.5, 0.6) is 0 Å². The minimum absolute atomic E-state index is 0.224. The van der Waals surface area contributed by atoms with Crippen LogP contribution in [-0.4, -0.2) is 29.6 Å². The Morgan fingerprint density at radius 2 is 1.95 bits per heavy atom. The lowest BCUT2D eigenvalue weighted by molar-refractivity contribution is 0.0760. The molecule has 1 aliphatic heterocycles. The van der Waals surface area contributed by atoms with E-state index in [1.165, 1.54) is 12.0 Å². The van der Waals surface area contributed by atoms with E-state index < -0.39 is 0 Å². The molecule has 1 N–H and O–H groups in total. The number of piperazine rings is 1. The molecule has 1 saturated heterocycles. The molecule has 0 aliphatic carbocycles. The normalized spacial score (nSPS) is 23.7. The summed E-state index contributed by atoms with van der Waals surface area (Å²) >= 11 is 0. The molecular weight excluding hydrogens is 232 g/mol. The first kappa shape index (κ1) is 14.5. The van der Waals surface area contributed by atoms with Crippen LogP contribution in [0.15, 0.2) is 30.3 Å². The highest BCUT2D eigenvalue weighted by molar-refractivity contribution is 5.15. The van der Waals surface area contributed by atoms with Crippen molar-refractivity contribution in [3.8, 4) is 0 Å². The highest BCUT2D eigenvalue weighted by atomic mass is 15.2. The molecule has 0 radical (unpaired) electrons. The van der Waals surface area contributed by atoms with Gasteiger partial charge in [0.2, 0.25) is 0 Å². The molecule has 1 aromatic rings. The van der Waals surface area contributed by atoms with Crippen LogP contribution in [0, 0.1) is 5.92 Å². The maximum absolute atomic E-state index is 3.69. The first-order valence-corrected chi connectivity index (χ1v) is 7.49. The van der Waals surface area contributed by atoms with Crippen LogP contribution >= 0.6 is 0 Å². The number of benzene rings is 1. The van der Waals surface area contributed by atoms with Gasteiger partial charge in [-0.15, -0.1) is 0 Å². The molecule has 1 aromatic carbocycles. The molecule has 2 nitrogen and oxygen atoms in total. The minimum Gasteiger partial charge on any atom is -0.309 e. The van der Waals surface area contributed by atoms with Crippen molar-refractivity contribution in [1.29, 1.82) is 0 Å². The fourth-order valence-electron chi connectivity index (χ4n) is 3.00. The van der Waals surface area contributed by atoms with E-state index in [2.05, 4.69) is 68.2 Å². The Labute approximate surface area is 118 Å². The van der Waals surface area contributed by atoms with Crippen molar-refractivity contribution in [3.05, 3.63) is 35.9 Å². The van der Waals surface area contributed by atoms with Crippen LogP contribution in [0.2, 0.25) is 0 Å². The lowest BCUT2D eigenvalue weighted by Crippen LogP contribution is -2.61. The van der Waals surface area contributed by atoms with Gasteiger partial charge in [0.25, 0.3) is 0 Å². The van der Waals surface area contributed by atoms with E-state index >= 15 is 0 Å². The maximum atomic E-state index is 3.69. The van der Waals surface area contributed by atoms with E-state index in [1.54, 1.807) is 0 Å². The smallest absolute Gasteiger partial charge is 0.0253 e. The zero-order valence-corrected chi connectivity index (χ0v) is 12.8. The molecule has 2 rings (SSSR count). The molecule has 1 aliphatic rings. The number of hydrogen-bond donors (Lipinski definition) is 1. The topological polar surface area (TPSA) is 15.3 Å². The molecule has 0 spiro atoms. The summed E-state index contributed by atoms with van der Waals surface area (Å²) in [6, 6.07) is 11.5. The third-order valence-electron chi connectivity index (χ3n) is 3.90. The fourth-order valence-corrected chi connectivity index (χ4v) is 3.00. The summed E-state index contributed by atoms with van der Waals surface area (Å²) in [5.74, 6) is 0.756. The quantitative estimate of drug-likeness (QED) is 0.893. The third kappa shape index (κ3) is 4.32. The largest absolute Gasteiger partial charge is 0.309 e. The van der Waals surface area contributed by atoms with Crippen molar-refractivity contribution in [2.45, 2.75) is 52.2 Å². The predicted molar refractivity (Wildman–Crippen MR) is 82.2 cm³/mol. The summed E-state index contributed by atoms with van der Waals surface area (Å²) in [6.45, 7) is 12.6. The van der Waals surface area contributed by atoms with Gasteiger partial charge in [-0.2, -0.15) is 0 Å². The van der Waals surface area contributed by atoms with E-state index in [4.69, 9.17) is 0 Å². The SMILES string of the molecule is CC(C)CC1CNC(C)(C)CN1Cc1ccccc1. The summed E-state index contributed by atoms with van der Waals surface area (Å²) in [6.07, 6.45) is 1.27. The first-order chi connectivity index (χ1) is 8.96. The Morgan fingerprint density at radius 3 is 2.58 bits per heavy atom. The molecule has 0 bridgehead atoms. The van der Waals surface area contributed by atoms with Crippen LogP contribution in [0.3, 0.4) is 0 Å². The highest BCUT2D eigenvalue weighted by Gasteiger charge is 2.32. The van der Waals surface area contributed by atoms with Crippen LogP contribution in [0.4, 0.5) is 0 Å². The van der Waals surface area contributed by atoms with E-state index in [0.29, 0.717) is 6.04 Å². The van der Waals surface area contributed by atoms with Crippen LogP contribution in [-0.2, 0) is 6.54 Å². The van der Waals surface area contributed by atoms with Gasteiger partial charge < -0.3 is 5.32 Å². The van der Waals surface area contributed by atoms with Crippen molar-refractivity contribution in [2.75, 3.05) is 13.1 Å². The van der Waals surface area contributed by atoms with Gasteiger partial charge in [-0.3, -0.25) is 4.90 Å². The van der Waals surface area contributed by atoms with Gasteiger partial charge in [0.1, 0.15) is 0 Å². The van der Waals surface area contributed by atoms with Gasteiger partial charge in [-0.25, -0.2) is 0 Å². The summed E-state index contributed by atoms with van der Waals surface area (Å²) in [4.78, 5) is 2.66. The molecule has 0 saturated carbocycles. The molecule has 0 aromatic heterocycles. The zero-order valence-electron chi connectivity index (χ0n) is 12.8. The summed E-state index contributed by atoms with van der Waals surface area (Å²) in [5, 5.41) is 3.69. The Hall–Kier alpha value is -0.860. The zero-order chi connectivity index (χ0) is 13.9. The van der Waals surface area contributed by atoms with Crippen LogP contribution in [0.1, 0.15) is 39.7 Å². The van der Waals surface area contributed by atoms with Crippen molar-refractivity contribution in [2.24, 2.45) is 5.92 Å². The average Bonchev–Trinajstić information content (AvgIpc) is 2.33. The van der Waals surface area contributed by atoms with Gasteiger partial charge in [-0.05, 0) is 31.7 Å². The van der Waals surface area contributed by atoms with Gasteiger partial charge in [0.05, 0.1) is 0 Å². The van der Waals surface area contributed by atoms with Crippen LogP contribution in [0.25, 0.3) is 0 Å². The van der Waals surface area contributed by atoms with Crippen molar-refractivity contribution in [1.82, 2.24) is 10.2 Å². The second-order valence-electron chi connectivity index (χ2n) is 6.94. The Balaban J connectivity index is 2.07. The maximum Gasteiger partial charge on any atom is 0.0253 e. The molecule has 0 amide bonds. The van der Waals surface area contributed by atoms with Gasteiger partial charge in [0.15, 0.2) is 0 Å². The molecule has 1 fully saturated rings. The lowest BCUT2D eigenvalue weighted by Gasteiger charge is -2.45. The average molecular weight is 260 g/mol. The van der Waals surface area contributed by atoms with Crippen molar-refractivity contribution >= 4 is 0 Å². The second-order valence-corrected chi connectivity index (χ2v) is 6.94. The lowest BCUT2D eigenvalue weighted by atomic mass is 9.93. The summed E-state index contributed by atoms with van der Waals surface area (Å²) < 4.78 is 0. The Kier molecular flexibility index (Phi) is 4.64. The fraction of sp³-hybridized carbons (Fsp3) is 0.647. The standard InChI is InChI=1S/C17H28N2/c1-14(2)10-16-11-18-17(3,4)13-19(16)12-15-8-6-5-7-9-15/h5-9,14,16,18H,10-13H2,1-4H3. The van der Waals surface area contributed by atoms with Crippen molar-refractivity contribution in [3.63, 3.8) is 0 Å². The molecule has 1 unspecified atom stereocenters. The Bertz CT molecular complexity index is 384. The van der Waals surface area contributed by atoms with Gasteiger partial charge in [0, 0.05) is 31.2 Å². The molecule has 1 heterocycles. The van der Waals surface area contributed by atoms with Crippen molar-refractivity contribution < 1.29 is 0 Å². The number of nitrogens with zero attached hydrogens (tertiary/aromatic N) is 1. The number of nitrogens with one attached hydrogen (secondary N) is 1. The first-order valence-electron chi connectivity index (χ1n) is 7.49. The minimum atomic E-state index is 0.224. The molecule has 106 valence electrons. The van der Waals surface area contributed by atoms with Gasteiger partial charge in [-0.1, -0.05) is 44.2 Å². The van der Waals surface area contributed by atoms with E-state index in [1.807, 2.05) is 0 Å². The number of hydrogen-bond acceptors (Lipinski definition) is 2. The van der Waals surface area contributed by atoms with E-state index in [0.717, 1.165) is 25.6 Å². The molecular formula is C17H28N2. The number of rotatable bonds is 4. The van der Waals surface area contributed by atoms with Crippen LogP contribution < -0.4 is 5.32 Å². The monoisotopic (exact) mass is 260 g/mol. The predicted octanol–water partition coefficient (Wildman–Crippen LogP) is 3.29. The highest BCUT2D eigenvalue weighted by Crippen LogP contribution is 2.22. The van der Waals surface area contributed by atoms with Gasteiger partial charge >= 0.3 is 0 Å². The molecule has 19 heavy (non-hydrogen) atoms. The second kappa shape index (κ2) is 6.06. The van der Waals surface area contributed by atoms with E-state index in [9.17, 15) is 0 Å². The molecule has 2 heteroatoms. The summed E-state index contributed by atoms with van der Waals surface area (Å²) in [7, 11) is 0. The van der Waals surface area contributed by atoms with E-state index in [-0.39, 0.29) is 5.54 Å². The third-order valence-corrected chi connectivity index (χ3v) is 3.90. The Morgan fingerprint density at radius 1 is 1.26 bits per heavy atom. The summed E-state index contributed by atoms with van der Waals surface area (Å²) in [5.41, 5.74) is 1.65.